The summed E-state index contributed by atoms with van der Waals surface area (Å²) in [6.45, 7) is 13.5. The van der Waals surface area contributed by atoms with Gasteiger partial charge in [0.2, 0.25) is 0 Å². The lowest BCUT2D eigenvalue weighted by Gasteiger charge is -2.26. The number of hydrogen-bond donors (Lipinski definition) is 0. The second kappa shape index (κ2) is 8.71. The van der Waals surface area contributed by atoms with E-state index in [4.69, 9.17) is 0 Å². The van der Waals surface area contributed by atoms with E-state index in [0.717, 1.165) is 24.2 Å². The molecule has 0 amide bonds. The Hall–Kier alpha value is -1.04. The monoisotopic (exact) mass is 312 g/mol. The van der Waals surface area contributed by atoms with Crippen molar-refractivity contribution in [2.75, 3.05) is 0 Å². The van der Waals surface area contributed by atoms with Gasteiger partial charge in [-0.15, -0.1) is 6.58 Å². The van der Waals surface area contributed by atoms with Crippen LogP contribution in [-0.2, 0) is 0 Å². The number of rotatable bonds is 9. The number of hydrogen-bond acceptors (Lipinski definition) is 0. The van der Waals surface area contributed by atoms with Crippen LogP contribution in [0.25, 0.3) is 0 Å². The summed E-state index contributed by atoms with van der Waals surface area (Å²) in [6.07, 6.45) is 18.6. The maximum Gasteiger partial charge on any atom is -0.0160 e. The highest BCUT2D eigenvalue weighted by Gasteiger charge is 2.26. The lowest BCUT2D eigenvalue weighted by Crippen LogP contribution is -2.13. The first-order chi connectivity index (χ1) is 11.0. The van der Waals surface area contributed by atoms with Gasteiger partial charge < -0.3 is 0 Å². The molecule has 23 heavy (non-hydrogen) atoms. The van der Waals surface area contributed by atoms with Gasteiger partial charge in [-0.1, -0.05) is 50.6 Å². The summed E-state index contributed by atoms with van der Waals surface area (Å²) in [4.78, 5) is 0. The molecule has 0 heteroatoms. The van der Waals surface area contributed by atoms with Gasteiger partial charge >= 0.3 is 0 Å². The Balaban J connectivity index is 2.04. The Kier molecular flexibility index (Phi) is 6.93. The van der Waals surface area contributed by atoms with Crippen LogP contribution in [0.1, 0.15) is 72.6 Å². The maximum atomic E-state index is 4.16. The van der Waals surface area contributed by atoms with Gasteiger partial charge in [-0.25, -0.2) is 0 Å². The van der Waals surface area contributed by atoms with Gasteiger partial charge in [-0.2, -0.15) is 0 Å². The van der Waals surface area contributed by atoms with Crippen LogP contribution in [0.5, 0.6) is 0 Å². The highest BCUT2D eigenvalue weighted by Crippen LogP contribution is 2.40. The minimum atomic E-state index is 0.658. The summed E-state index contributed by atoms with van der Waals surface area (Å²) in [6, 6.07) is 0. The molecule has 0 nitrogen and oxygen atoms in total. The SMILES string of the molecule is C=C(C)CC(CC(C)C)CC(C)C1=CC=CCC=C1CC1CC1. The van der Waals surface area contributed by atoms with Crippen molar-refractivity contribution >= 4 is 0 Å². The first-order valence-corrected chi connectivity index (χ1v) is 9.66. The van der Waals surface area contributed by atoms with E-state index in [1.54, 1.807) is 11.1 Å². The standard InChI is InChI=1S/C23H36/c1-17(2)13-21(14-18(3)4)15-19(5)23-10-8-6-7-9-22(23)16-20-11-12-20/h6,8-10,18-21H,1,7,11-16H2,2-5H3. The summed E-state index contributed by atoms with van der Waals surface area (Å²) in [5, 5.41) is 0. The second-order valence-electron chi connectivity index (χ2n) is 8.46. The quantitative estimate of drug-likeness (QED) is 0.393. The Labute approximate surface area is 144 Å². The molecule has 0 radical (unpaired) electrons. The van der Waals surface area contributed by atoms with Crippen molar-refractivity contribution in [2.24, 2.45) is 23.7 Å². The molecular formula is C23H36. The fraction of sp³-hybridized carbons (Fsp3) is 0.652. The fourth-order valence-electron chi connectivity index (χ4n) is 4.05. The maximum absolute atomic E-state index is 4.16. The molecule has 0 saturated heterocycles. The molecule has 0 heterocycles. The first kappa shape index (κ1) is 18.3. The van der Waals surface area contributed by atoms with E-state index in [-0.39, 0.29) is 0 Å². The Morgan fingerprint density at radius 1 is 1.22 bits per heavy atom. The zero-order chi connectivity index (χ0) is 16.8. The lowest BCUT2D eigenvalue weighted by atomic mass is 9.80. The molecule has 1 fully saturated rings. The molecule has 0 aromatic heterocycles. The van der Waals surface area contributed by atoms with Crippen molar-refractivity contribution in [3.05, 3.63) is 47.6 Å². The van der Waals surface area contributed by atoms with Crippen molar-refractivity contribution in [3.8, 4) is 0 Å². The molecule has 2 unspecified atom stereocenters. The van der Waals surface area contributed by atoms with Gasteiger partial charge in [0.05, 0.1) is 0 Å². The third kappa shape index (κ3) is 6.53. The summed E-state index contributed by atoms with van der Waals surface area (Å²) >= 11 is 0. The largest absolute Gasteiger partial charge is 0.100 e. The summed E-state index contributed by atoms with van der Waals surface area (Å²) in [5.41, 5.74) is 4.59. The van der Waals surface area contributed by atoms with Crippen LogP contribution in [0.4, 0.5) is 0 Å². The van der Waals surface area contributed by atoms with E-state index in [2.05, 4.69) is 58.6 Å². The van der Waals surface area contributed by atoms with Crippen molar-refractivity contribution in [2.45, 2.75) is 72.6 Å². The summed E-state index contributed by atoms with van der Waals surface area (Å²) in [5.74, 6) is 3.18. The van der Waals surface area contributed by atoms with E-state index >= 15 is 0 Å². The van der Waals surface area contributed by atoms with Crippen LogP contribution in [-0.4, -0.2) is 0 Å². The van der Waals surface area contributed by atoms with Crippen LogP contribution in [0.2, 0.25) is 0 Å². The minimum Gasteiger partial charge on any atom is -0.100 e. The molecule has 0 N–H and O–H groups in total. The normalized spacial score (nSPS) is 20.7. The van der Waals surface area contributed by atoms with E-state index < -0.39 is 0 Å². The van der Waals surface area contributed by atoms with Crippen LogP contribution in [0.15, 0.2) is 47.6 Å². The minimum absolute atomic E-state index is 0.658. The van der Waals surface area contributed by atoms with Gasteiger partial charge in [0, 0.05) is 0 Å². The first-order valence-electron chi connectivity index (χ1n) is 9.66. The van der Waals surface area contributed by atoms with Gasteiger partial charge in [0.25, 0.3) is 0 Å². The average molecular weight is 313 g/mol. The molecule has 128 valence electrons. The van der Waals surface area contributed by atoms with E-state index in [1.807, 2.05) is 0 Å². The van der Waals surface area contributed by atoms with E-state index in [0.29, 0.717) is 5.92 Å². The van der Waals surface area contributed by atoms with Gasteiger partial charge in [0.15, 0.2) is 0 Å². The third-order valence-electron chi connectivity index (χ3n) is 5.15. The highest BCUT2D eigenvalue weighted by molar-refractivity contribution is 5.38. The zero-order valence-electron chi connectivity index (χ0n) is 15.8. The molecule has 2 atom stereocenters. The lowest BCUT2D eigenvalue weighted by molar-refractivity contribution is 0.349. The predicted molar refractivity (Wildman–Crippen MR) is 103 cm³/mol. The molecular weight excluding hydrogens is 276 g/mol. The smallest absolute Gasteiger partial charge is 0.0160 e. The van der Waals surface area contributed by atoms with Crippen molar-refractivity contribution in [1.82, 2.24) is 0 Å². The summed E-state index contributed by atoms with van der Waals surface area (Å²) < 4.78 is 0. The zero-order valence-corrected chi connectivity index (χ0v) is 15.8. The van der Waals surface area contributed by atoms with Crippen LogP contribution in [0, 0.1) is 23.7 Å². The number of allylic oxidation sites excluding steroid dienone is 7. The van der Waals surface area contributed by atoms with Crippen molar-refractivity contribution in [1.29, 1.82) is 0 Å². The highest BCUT2D eigenvalue weighted by atomic mass is 14.3. The second-order valence-corrected chi connectivity index (χ2v) is 8.46. The molecule has 2 rings (SSSR count). The molecule has 0 bridgehead atoms. The molecule has 0 aromatic rings. The van der Waals surface area contributed by atoms with Gasteiger partial charge in [-0.05, 0) is 86.7 Å². The molecule has 0 aliphatic heterocycles. The molecule has 0 spiro atoms. The predicted octanol–water partition coefficient (Wildman–Crippen LogP) is 7.25. The molecule has 2 aliphatic carbocycles. The summed E-state index contributed by atoms with van der Waals surface area (Å²) in [7, 11) is 0. The van der Waals surface area contributed by atoms with Crippen LogP contribution >= 0.6 is 0 Å². The van der Waals surface area contributed by atoms with Crippen LogP contribution in [0.3, 0.4) is 0 Å². The fourth-order valence-corrected chi connectivity index (χ4v) is 4.05. The van der Waals surface area contributed by atoms with Gasteiger partial charge in [0.1, 0.15) is 0 Å². The van der Waals surface area contributed by atoms with E-state index in [9.17, 15) is 0 Å². The Bertz CT molecular complexity index is 482. The molecule has 0 aromatic carbocycles. The Morgan fingerprint density at radius 2 is 1.96 bits per heavy atom. The van der Waals surface area contributed by atoms with Crippen molar-refractivity contribution < 1.29 is 0 Å². The third-order valence-corrected chi connectivity index (χ3v) is 5.15. The van der Waals surface area contributed by atoms with Gasteiger partial charge in [-0.3, -0.25) is 0 Å². The average Bonchev–Trinajstić information content (AvgIpc) is 3.25. The van der Waals surface area contributed by atoms with E-state index in [1.165, 1.54) is 44.1 Å². The topological polar surface area (TPSA) is 0 Å². The van der Waals surface area contributed by atoms with Crippen LogP contribution < -0.4 is 0 Å². The van der Waals surface area contributed by atoms with Crippen molar-refractivity contribution in [3.63, 3.8) is 0 Å². The Morgan fingerprint density at radius 3 is 2.57 bits per heavy atom. The molecule has 2 aliphatic rings. The molecule has 1 saturated carbocycles.